The molecule has 1 aromatic heterocycles. The van der Waals surface area contributed by atoms with E-state index >= 15 is 0 Å². The summed E-state index contributed by atoms with van der Waals surface area (Å²) < 4.78 is 18.8. The lowest BCUT2D eigenvalue weighted by Gasteiger charge is -2.06. The van der Waals surface area contributed by atoms with Gasteiger partial charge in [-0.15, -0.1) is 10.2 Å². The van der Waals surface area contributed by atoms with Gasteiger partial charge in [-0.05, 0) is 47.1 Å². The third-order valence-electron chi connectivity index (χ3n) is 2.32. The lowest BCUT2D eigenvalue weighted by molar-refractivity contribution is 0.0949. The second-order valence-electron chi connectivity index (χ2n) is 3.79. The summed E-state index contributed by atoms with van der Waals surface area (Å²) in [6.45, 7) is 2.33. The van der Waals surface area contributed by atoms with E-state index in [-0.39, 0.29) is 23.3 Å². The molecule has 0 saturated carbocycles. The number of hydrogen-bond donors (Lipinski definition) is 1. The quantitative estimate of drug-likeness (QED) is 0.930. The zero-order chi connectivity index (χ0) is 14.5. The second-order valence-corrected chi connectivity index (χ2v) is 4.65. The van der Waals surface area contributed by atoms with Gasteiger partial charge < -0.3 is 10.1 Å². The predicted molar refractivity (Wildman–Crippen MR) is 74.2 cm³/mol. The van der Waals surface area contributed by atoms with Gasteiger partial charge in [0.15, 0.2) is 5.69 Å². The molecule has 20 heavy (non-hydrogen) atoms. The lowest BCUT2D eigenvalue weighted by Crippen LogP contribution is -2.23. The fraction of sp³-hybridized carbons (Fsp3) is 0.154. The van der Waals surface area contributed by atoms with E-state index in [1.54, 1.807) is 0 Å². The largest absolute Gasteiger partial charge is 0.436 e. The molecule has 0 spiro atoms. The Morgan fingerprint density at radius 1 is 1.35 bits per heavy atom. The number of nitrogens with zero attached hydrogens (tertiary/aromatic N) is 2. The molecule has 0 fully saturated rings. The van der Waals surface area contributed by atoms with E-state index in [9.17, 15) is 9.18 Å². The summed E-state index contributed by atoms with van der Waals surface area (Å²) in [6, 6.07) is 7.05. The zero-order valence-corrected chi connectivity index (χ0v) is 12.1. The van der Waals surface area contributed by atoms with Crippen LogP contribution in [-0.2, 0) is 0 Å². The van der Waals surface area contributed by atoms with Crippen LogP contribution in [0.25, 0.3) is 0 Å². The first-order chi connectivity index (χ1) is 9.60. The van der Waals surface area contributed by atoms with Gasteiger partial charge in [0.1, 0.15) is 11.6 Å². The highest BCUT2D eigenvalue weighted by Crippen LogP contribution is 2.28. The summed E-state index contributed by atoms with van der Waals surface area (Å²) in [7, 11) is 0. The van der Waals surface area contributed by atoms with Gasteiger partial charge in [0.25, 0.3) is 5.91 Å². The van der Waals surface area contributed by atoms with Crippen molar-refractivity contribution in [1.29, 1.82) is 0 Å². The summed E-state index contributed by atoms with van der Waals surface area (Å²) >= 11 is 3.19. The molecule has 1 aromatic carbocycles. The predicted octanol–water partition coefficient (Wildman–Crippen LogP) is 2.92. The number of hydrogen-bond acceptors (Lipinski definition) is 4. The van der Waals surface area contributed by atoms with Crippen molar-refractivity contribution in [2.45, 2.75) is 6.92 Å². The van der Waals surface area contributed by atoms with Crippen molar-refractivity contribution in [3.63, 3.8) is 0 Å². The molecule has 2 rings (SSSR count). The molecule has 1 amide bonds. The normalized spacial score (nSPS) is 10.2. The Balaban J connectivity index is 2.12. The summed E-state index contributed by atoms with van der Waals surface area (Å²) in [6.07, 6.45) is 0. The van der Waals surface area contributed by atoms with Crippen LogP contribution in [0.5, 0.6) is 11.6 Å². The molecule has 0 aliphatic rings. The van der Waals surface area contributed by atoms with Crippen LogP contribution in [0.4, 0.5) is 4.39 Å². The van der Waals surface area contributed by atoms with E-state index in [0.717, 1.165) is 0 Å². The minimum Gasteiger partial charge on any atom is -0.436 e. The zero-order valence-electron chi connectivity index (χ0n) is 10.6. The van der Waals surface area contributed by atoms with E-state index in [0.29, 0.717) is 16.8 Å². The first kappa shape index (κ1) is 14.4. The monoisotopic (exact) mass is 339 g/mol. The standard InChI is InChI=1S/C13H11BrFN3O2/c1-2-16-13(19)10-4-6-12(18-17-10)20-11-5-3-8(15)7-9(11)14/h3-7H,2H2,1H3,(H,16,19). The number of amides is 1. The summed E-state index contributed by atoms with van der Waals surface area (Å²) in [4.78, 5) is 11.5. The number of carbonyl (C=O) groups excluding carboxylic acids is 1. The highest BCUT2D eigenvalue weighted by molar-refractivity contribution is 9.10. The van der Waals surface area contributed by atoms with Crippen molar-refractivity contribution < 1.29 is 13.9 Å². The molecule has 0 aliphatic heterocycles. The van der Waals surface area contributed by atoms with Gasteiger partial charge in [0, 0.05) is 12.6 Å². The van der Waals surface area contributed by atoms with Crippen LogP contribution >= 0.6 is 15.9 Å². The summed E-state index contributed by atoms with van der Waals surface area (Å²) in [5, 5.41) is 10.2. The first-order valence-corrected chi connectivity index (χ1v) is 6.64. The minimum absolute atomic E-state index is 0.206. The molecular weight excluding hydrogens is 329 g/mol. The molecule has 0 radical (unpaired) electrons. The lowest BCUT2D eigenvalue weighted by atomic mass is 10.3. The molecule has 104 valence electrons. The number of nitrogens with one attached hydrogen (secondary N) is 1. The molecule has 0 aliphatic carbocycles. The van der Waals surface area contributed by atoms with Crippen LogP contribution in [0.1, 0.15) is 17.4 Å². The Morgan fingerprint density at radius 3 is 2.75 bits per heavy atom. The molecule has 1 N–H and O–H groups in total. The summed E-state index contributed by atoms with van der Waals surface area (Å²) in [5.74, 6) is -0.0479. The van der Waals surface area contributed by atoms with E-state index in [1.807, 2.05) is 6.92 Å². The molecule has 2 aromatic rings. The number of rotatable bonds is 4. The second kappa shape index (κ2) is 6.42. The third-order valence-corrected chi connectivity index (χ3v) is 2.94. The average Bonchev–Trinajstić information content (AvgIpc) is 2.43. The SMILES string of the molecule is CCNC(=O)c1ccc(Oc2ccc(F)cc2Br)nn1. The van der Waals surface area contributed by atoms with E-state index < -0.39 is 0 Å². The van der Waals surface area contributed by atoms with E-state index in [2.05, 4.69) is 31.4 Å². The van der Waals surface area contributed by atoms with Gasteiger partial charge in [-0.2, -0.15) is 0 Å². The Kier molecular flexibility index (Phi) is 4.62. The van der Waals surface area contributed by atoms with Crippen molar-refractivity contribution in [3.05, 3.63) is 46.3 Å². The maximum Gasteiger partial charge on any atom is 0.271 e. The fourth-order valence-electron chi connectivity index (χ4n) is 1.42. The van der Waals surface area contributed by atoms with Crippen molar-refractivity contribution >= 4 is 21.8 Å². The summed E-state index contributed by atoms with van der Waals surface area (Å²) in [5.41, 5.74) is 0.206. The van der Waals surface area contributed by atoms with Gasteiger partial charge in [-0.25, -0.2) is 4.39 Å². The van der Waals surface area contributed by atoms with Gasteiger partial charge in [0.2, 0.25) is 5.88 Å². The van der Waals surface area contributed by atoms with Gasteiger partial charge in [0.05, 0.1) is 4.47 Å². The van der Waals surface area contributed by atoms with E-state index in [1.165, 1.54) is 30.3 Å². The van der Waals surface area contributed by atoms with Crippen LogP contribution in [0.2, 0.25) is 0 Å². The number of ether oxygens (including phenoxy) is 1. The van der Waals surface area contributed by atoms with Crippen molar-refractivity contribution in [2.24, 2.45) is 0 Å². The minimum atomic E-state index is -0.373. The van der Waals surface area contributed by atoms with Crippen LogP contribution < -0.4 is 10.1 Å². The molecule has 5 nitrogen and oxygen atoms in total. The molecule has 7 heteroatoms. The van der Waals surface area contributed by atoms with Crippen LogP contribution in [-0.4, -0.2) is 22.6 Å². The number of benzene rings is 1. The number of halogens is 2. The fourth-order valence-corrected chi connectivity index (χ4v) is 1.85. The average molecular weight is 340 g/mol. The molecular formula is C13H11BrFN3O2. The number of aromatic nitrogens is 2. The van der Waals surface area contributed by atoms with E-state index in [4.69, 9.17) is 4.74 Å². The maximum atomic E-state index is 12.9. The highest BCUT2D eigenvalue weighted by atomic mass is 79.9. The van der Waals surface area contributed by atoms with Crippen molar-refractivity contribution in [2.75, 3.05) is 6.54 Å². The Morgan fingerprint density at radius 2 is 2.15 bits per heavy atom. The Labute approximate surface area is 123 Å². The van der Waals surface area contributed by atoms with Crippen LogP contribution in [0.3, 0.4) is 0 Å². The van der Waals surface area contributed by atoms with Gasteiger partial charge in [-0.1, -0.05) is 0 Å². The molecule has 0 atom stereocenters. The molecule has 1 heterocycles. The van der Waals surface area contributed by atoms with Crippen LogP contribution in [0.15, 0.2) is 34.8 Å². The highest BCUT2D eigenvalue weighted by Gasteiger charge is 2.09. The van der Waals surface area contributed by atoms with Crippen molar-refractivity contribution in [1.82, 2.24) is 15.5 Å². The Bertz CT molecular complexity index is 620. The Hall–Kier alpha value is -2.02. The maximum absolute atomic E-state index is 12.9. The topological polar surface area (TPSA) is 64.1 Å². The molecule has 0 bridgehead atoms. The molecule has 0 saturated heterocycles. The van der Waals surface area contributed by atoms with Crippen LogP contribution in [0, 0.1) is 5.82 Å². The van der Waals surface area contributed by atoms with Gasteiger partial charge >= 0.3 is 0 Å². The first-order valence-electron chi connectivity index (χ1n) is 5.85. The van der Waals surface area contributed by atoms with Crippen molar-refractivity contribution in [3.8, 4) is 11.6 Å². The third kappa shape index (κ3) is 3.51. The van der Waals surface area contributed by atoms with Gasteiger partial charge in [-0.3, -0.25) is 4.79 Å². The number of carbonyl (C=O) groups is 1. The molecule has 0 unspecified atom stereocenters. The smallest absolute Gasteiger partial charge is 0.271 e.